The van der Waals surface area contributed by atoms with Gasteiger partial charge in [-0.25, -0.2) is 9.67 Å². The summed E-state index contributed by atoms with van der Waals surface area (Å²) in [6.45, 7) is 1.89. The van der Waals surface area contributed by atoms with Crippen molar-refractivity contribution < 1.29 is 4.79 Å². The zero-order chi connectivity index (χ0) is 18.3. The van der Waals surface area contributed by atoms with Gasteiger partial charge in [-0.3, -0.25) is 9.48 Å². The van der Waals surface area contributed by atoms with Gasteiger partial charge >= 0.3 is 0 Å². The SMILES string of the molecule is Cc1cnc(-n2cc(CC(=O)Nc3cc(C4CC4)nn3C)cn2)cc1Cl. The fourth-order valence-electron chi connectivity index (χ4n) is 2.75. The first-order chi connectivity index (χ1) is 12.5. The van der Waals surface area contributed by atoms with E-state index in [0.29, 0.717) is 16.8 Å². The number of amides is 1. The molecule has 3 aromatic heterocycles. The molecule has 0 atom stereocenters. The van der Waals surface area contributed by atoms with Gasteiger partial charge in [-0.1, -0.05) is 11.6 Å². The first-order valence-corrected chi connectivity index (χ1v) is 8.87. The van der Waals surface area contributed by atoms with E-state index in [2.05, 4.69) is 20.5 Å². The second-order valence-corrected chi connectivity index (χ2v) is 7.07. The molecular formula is C18H19ClN6O. The number of nitrogens with one attached hydrogen (secondary N) is 1. The molecule has 1 fully saturated rings. The number of rotatable bonds is 5. The van der Waals surface area contributed by atoms with Gasteiger partial charge in [-0.05, 0) is 30.9 Å². The highest BCUT2D eigenvalue weighted by Gasteiger charge is 2.27. The van der Waals surface area contributed by atoms with Gasteiger partial charge < -0.3 is 5.32 Å². The van der Waals surface area contributed by atoms with E-state index in [1.165, 1.54) is 12.8 Å². The number of anilines is 1. The molecule has 1 amide bonds. The number of halogens is 1. The Morgan fingerprint density at radius 2 is 2.15 bits per heavy atom. The first-order valence-electron chi connectivity index (χ1n) is 8.49. The van der Waals surface area contributed by atoms with E-state index in [4.69, 9.17) is 11.6 Å². The number of hydrogen-bond donors (Lipinski definition) is 1. The Morgan fingerprint density at radius 1 is 1.35 bits per heavy atom. The summed E-state index contributed by atoms with van der Waals surface area (Å²) in [4.78, 5) is 16.7. The van der Waals surface area contributed by atoms with Crippen LogP contribution >= 0.6 is 11.6 Å². The van der Waals surface area contributed by atoms with Crippen LogP contribution in [0.25, 0.3) is 5.82 Å². The molecule has 134 valence electrons. The fourth-order valence-corrected chi connectivity index (χ4v) is 2.89. The third-order valence-corrected chi connectivity index (χ3v) is 4.83. The molecule has 8 heteroatoms. The Hall–Kier alpha value is -2.67. The number of carbonyl (C=O) groups is 1. The number of aromatic nitrogens is 5. The lowest BCUT2D eigenvalue weighted by Crippen LogP contribution is -2.16. The van der Waals surface area contributed by atoms with Crippen molar-refractivity contribution in [3.05, 3.63) is 52.6 Å². The quantitative estimate of drug-likeness (QED) is 0.748. The van der Waals surface area contributed by atoms with Gasteiger partial charge in [0.25, 0.3) is 0 Å². The predicted molar refractivity (Wildman–Crippen MR) is 98.6 cm³/mol. The van der Waals surface area contributed by atoms with E-state index in [1.54, 1.807) is 34.0 Å². The molecule has 26 heavy (non-hydrogen) atoms. The molecule has 3 heterocycles. The van der Waals surface area contributed by atoms with Gasteiger partial charge in [0.15, 0.2) is 5.82 Å². The molecule has 1 aliphatic carbocycles. The Labute approximate surface area is 156 Å². The topological polar surface area (TPSA) is 77.6 Å². The number of hydrogen-bond acceptors (Lipinski definition) is 4. The van der Waals surface area contributed by atoms with E-state index in [9.17, 15) is 4.79 Å². The zero-order valence-corrected chi connectivity index (χ0v) is 15.4. The third kappa shape index (κ3) is 3.48. The highest BCUT2D eigenvalue weighted by atomic mass is 35.5. The van der Waals surface area contributed by atoms with Crippen LogP contribution in [0.15, 0.2) is 30.7 Å². The van der Waals surface area contributed by atoms with Gasteiger partial charge in [0.2, 0.25) is 5.91 Å². The Balaban J connectivity index is 1.43. The van der Waals surface area contributed by atoms with Crippen LogP contribution in [0.5, 0.6) is 0 Å². The number of nitrogens with zero attached hydrogens (tertiary/aromatic N) is 5. The highest BCUT2D eigenvalue weighted by molar-refractivity contribution is 6.31. The average molecular weight is 371 g/mol. The summed E-state index contributed by atoms with van der Waals surface area (Å²) in [5, 5.41) is 12.3. The third-order valence-electron chi connectivity index (χ3n) is 4.42. The van der Waals surface area contributed by atoms with Crippen LogP contribution in [0, 0.1) is 6.92 Å². The van der Waals surface area contributed by atoms with Crippen LogP contribution in [0.2, 0.25) is 5.02 Å². The summed E-state index contributed by atoms with van der Waals surface area (Å²) in [6.07, 6.45) is 7.73. The summed E-state index contributed by atoms with van der Waals surface area (Å²) in [5.74, 6) is 1.79. The minimum Gasteiger partial charge on any atom is -0.311 e. The monoisotopic (exact) mass is 370 g/mol. The van der Waals surface area contributed by atoms with Crippen molar-refractivity contribution >= 4 is 23.3 Å². The van der Waals surface area contributed by atoms with E-state index in [-0.39, 0.29) is 12.3 Å². The van der Waals surface area contributed by atoms with Crippen molar-refractivity contribution in [2.75, 3.05) is 5.32 Å². The van der Waals surface area contributed by atoms with Gasteiger partial charge in [-0.2, -0.15) is 10.2 Å². The van der Waals surface area contributed by atoms with Crippen LogP contribution in [-0.2, 0) is 18.3 Å². The normalized spacial score (nSPS) is 13.8. The van der Waals surface area contributed by atoms with E-state index in [1.807, 2.05) is 20.0 Å². The molecule has 3 aromatic rings. The summed E-state index contributed by atoms with van der Waals surface area (Å²) in [7, 11) is 1.84. The zero-order valence-electron chi connectivity index (χ0n) is 14.6. The Morgan fingerprint density at radius 3 is 2.88 bits per heavy atom. The molecule has 1 aliphatic rings. The number of carbonyl (C=O) groups excluding carboxylic acids is 1. The van der Waals surface area contributed by atoms with Crippen LogP contribution in [-0.4, -0.2) is 30.5 Å². The molecule has 1 saturated carbocycles. The maximum Gasteiger partial charge on any atom is 0.230 e. The molecule has 7 nitrogen and oxygen atoms in total. The fraction of sp³-hybridized carbons (Fsp3) is 0.333. The van der Waals surface area contributed by atoms with E-state index >= 15 is 0 Å². The largest absolute Gasteiger partial charge is 0.311 e. The smallest absolute Gasteiger partial charge is 0.230 e. The summed E-state index contributed by atoms with van der Waals surface area (Å²) in [5.41, 5.74) is 2.76. The van der Waals surface area contributed by atoms with Gasteiger partial charge in [-0.15, -0.1) is 0 Å². The molecule has 0 saturated heterocycles. The molecular weight excluding hydrogens is 352 g/mol. The van der Waals surface area contributed by atoms with E-state index < -0.39 is 0 Å². The molecule has 0 radical (unpaired) electrons. The second kappa shape index (κ2) is 6.57. The van der Waals surface area contributed by atoms with Gasteiger partial charge in [0, 0.05) is 42.5 Å². The minimum absolute atomic E-state index is 0.107. The molecule has 0 unspecified atom stereocenters. The molecule has 0 bridgehead atoms. The summed E-state index contributed by atoms with van der Waals surface area (Å²) < 4.78 is 3.33. The Bertz CT molecular complexity index is 972. The van der Waals surface area contributed by atoms with Crippen molar-refractivity contribution in [1.29, 1.82) is 0 Å². The van der Waals surface area contributed by atoms with Gasteiger partial charge in [0.1, 0.15) is 5.82 Å². The highest BCUT2D eigenvalue weighted by Crippen LogP contribution is 2.39. The minimum atomic E-state index is -0.107. The lowest BCUT2D eigenvalue weighted by atomic mass is 10.2. The van der Waals surface area contributed by atoms with Crippen molar-refractivity contribution in [1.82, 2.24) is 24.5 Å². The van der Waals surface area contributed by atoms with Crippen molar-refractivity contribution in [2.45, 2.75) is 32.1 Å². The molecule has 4 rings (SSSR count). The molecule has 0 aliphatic heterocycles. The number of pyridine rings is 1. The van der Waals surface area contributed by atoms with Crippen LogP contribution in [0.3, 0.4) is 0 Å². The van der Waals surface area contributed by atoms with Crippen LogP contribution < -0.4 is 5.32 Å². The molecule has 0 spiro atoms. The van der Waals surface area contributed by atoms with Crippen molar-refractivity contribution in [3.8, 4) is 5.82 Å². The first kappa shape index (κ1) is 16.8. The number of aryl methyl sites for hydroxylation is 2. The van der Waals surface area contributed by atoms with Crippen molar-refractivity contribution in [3.63, 3.8) is 0 Å². The second-order valence-electron chi connectivity index (χ2n) is 6.66. The summed E-state index contributed by atoms with van der Waals surface area (Å²) in [6, 6.07) is 3.71. The lowest BCUT2D eigenvalue weighted by molar-refractivity contribution is -0.115. The van der Waals surface area contributed by atoms with Crippen molar-refractivity contribution in [2.24, 2.45) is 7.05 Å². The maximum absolute atomic E-state index is 12.3. The van der Waals surface area contributed by atoms with E-state index in [0.717, 1.165) is 22.6 Å². The maximum atomic E-state index is 12.3. The van der Waals surface area contributed by atoms with Gasteiger partial charge in [0.05, 0.1) is 18.3 Å². The lowest BCUT2D eigenvalue weighted by Gasteiger charge is -2.04. The van der Waals surface area contributed by atoms with Crippen LogP contribution in [0.4, 0.5) is 5.82 Å². The predicted octanol–water partition coefficient (Wildman–Crippen LogP) is 3.02. The standard InChI is InChI=1S/C18H19ClN6O/c1-11-8-20-16(6-14(11)19)25-10-12(9-21-25)5-18(26)22-17-7-15(13-3-4-13)23-24(17)2/h6-10,13H,3-5H2,1-2H3,(H,22,26). The summed E-state index contributed by atoms with van der Waals surface area (Å²) >= 11 is 6.14. The van der Waals surface area contributed by atoms with Crippen LogP contribution in [0.1, 0.15) is 35.6 Å². The average Bonchev–Trinajstić information content (AvgIpc) is 3.25. The molecule has 0 aromatic carbocycles. The molecule has 1 N–H and O–H groups in total. The Kier molecular flexibility index (Phi) is 4.24.